The third-order valence-corrected chi connectivity index (χ3v) is 4.03. The van der Waals surface area contributed by atoms with Gasteiger partial charge in [0, 0.05) is 46.3 Å². The van der Waals surface area contributed by atoms with Gasteiger partial charge in [-0.1, -0.05) is 0 Å². The molecule has 2 aliphatic heterocycles. The number of guanidine groups is 1. The number of amides is 1. The van der Waals surface area contributed by atoms with Crippen molar-refractivity contribution < 1.29 is 9.53 Å². The summed E-state index contributed by atoms with van der Waals surface area (Å²) in [5, 5.41) is 3.14. The van der Waals surface area contributed by atoms with E-state index in [4.69, 9.17) is 4.74 Å². The number of likely N-dealkylation sites (tertiary alicyclic amines) is 1. The Morgan fingerprint density at radius 3 is 2.84 bits per heavy atom. The molecule has 6 heteroatoms. The second-order valence-corrected chi connectivity index (χ2v) is 5.66. The van der Waals surface area contributed by atoms with Crippen molar-refractivity contribution in [3.63, 3.8) is 0 Å². The largest absolute Gasteiger partial charge is 0.381 e. The summed E-state index contributed by atoms with van der Waals surface area (Å²) in [6.45, 7) is 3.98. The molecule has 0 aromatic carbocycles. The minimum absolute atomic E-state index is 0.0549. The maximum Gasteiger partial charge on any atom is 0.241 e. The summed E-state index contributed by atoms with van der Waals surface area (Å²) in [6.07, 6.45) is 2.28. The van der Waals surface area contributed by atoms with Crippen LogP contribution in [0.5, 0.6) is 0 Å². The van der Waals surface area contributed by atoms with Crippen LogP contribution in [0.2, 0.25) is 0 Å². The summed E-state index contributed by atoms with van der Waals surface area (Å²) >= 11 is 0. The number of rotatable bonds is 2. The first kappa shape index (κ1) is 14.1. The first-order valence-corrected chi connectivity index (χ1v) is 6.80. The van der Waals surface area contributed by atoms with Crippen LogP contribution in [0.4, 0.5) is 0 Å². The average Bonchev–Trinajstić information content (AvgIpc) is 3.01. The van der Waals surface area contributed by atoms with Gasteiger partial charge in [0.2, 0.25) is 5.91 Å². The van der Waals surface area contributed by atoms with Crippen LogP contribution in [-0.2, 0) is 9.53 Å². The lowest BCUT2D eigenvalue weighted by molar-refractivity contribution is -0.127. The molecule has 0 aromatic rings. The van der Waals surface area contributed by atoms with E-state index in [-0.39, 0.29) is 5.91 Å². The molecule has 19 heavy (non-hydrogen) atoms. The molecule has 2 rings (SSSR count). The van der Waals surface area contributed by atoms with E-state index >= 15 is 0 Å². The minimum Gasteiger partial charge on any atom is -0.381 e. The van der Waals surface area contributed by atoms with Crippen molar-refractivity contribution >= 4 is 11.9 Å². The van der Waals surface area contributed by atoms with Gasteiger partial charge < -0.3 is 19.9 Å². The number of likely N-dealkylation sites (N-methyl/N-ethyl adjacent to an activating group) is 1. The number of hydrogen-bond donors (Lipinski definition) is 1. The number of carbonyl (C=O) groups is 1. The van der Waals surface area contributed by atoms with Crippen LogP contribution in [0.15, 0.2) is 4.99 Å². The highest BCUT2D eigenvalue weighted by atomic mass is 16.5. The second-order valence-electron chi connectivity index (χ2n) is 5.66. The van der Waals surface area contributed by atoms with Gasteiger partial charge in [-0.3, -0.25) is 9.79 Å². The molecule has 0 radical (unpaired) electrons. The van der Waals surface area contributed by atoms with Gasteiger partial charge in [0.15, 0.2) is 5.96 Å². The molecular weight excluding hydrogens is 244 g/mol. The summed E-state index contributed by atoms with van der Waals surface area (Å²) < 4.78 is 5.53. The predicted molar refractivity (Wildman–Crippen MR) is 74.1 cm³/mol. The van der Waals surface area contributed by atoms with Crippen LogP contribution in [-0.4, -0.2) is 75.7 Å². The van der Waals surface area contributed by atoms with Gasteiger partial charge in [0.25, 0.3) is 0 Å². The Kier molecular flexibility index (Phi) is 4.29. The van der Waals surface area contributed by atoms with E-state index in [1.807, 2.05) is 0 Å². The van der Waals surface area contributed by atoms with Crippen molar-refractivity contribution in [1.29, 1.82) is 0 Å². The lowest BCUT2D eigenvalue weighted by Gasteiger charge is -2.25. The molecule has 2 heterocycles. The van der Waals surface area contributed by atoms with E-state index in [0.29, 0.717) is 12.0 Å². The summed E-state index contributed by atoms with van der Waals surface area (Å²) in [7, 11) is 5.28. The number of nitrogens with one attached hydrogen (secondary N) is 1. The molecule has 0 aliphatic carbocycles. The van der Waals surface area contributed by atoms with E-state index in [9.17, 15) is 4.79 Å². The van der Waals surface area contributed by atoms with Crippen LogP contribution in [0.3, 0.4) is 0 Å². The Balaban J connectivity index is 1.87. The van der Waals surface area contributed by atoms with Gasteiger partial charge >= 0.3 is 0 Å². The van der Waals surface area contributed by atoms with Gasteiger partial charge in [-0.2, -0.15) is 0 Å². The molecule has 2 fully saturated rings. The summed E-state index contributed by atoms with van der Waals surface area (Å²) in [6, 6.07) is 0. The van der Waals surface area contributed by atoms with Gasteiger partial charge in [-0.25, -0.2) is 0 Å². The maximum atomic E-state index is 11.6. The topological polar surface area (TPSA) is 57.2 Å². The molecule has 1 N–H and O–H groups in total. The second kappa shape index (κ2) is 5.77. The number of carbonyl (C=O) groups excluding carboxylic acids is 1. The molecule has 108 valence electrons. The van der Waals surface area contributed by atoms with E-state index in [2.05, 4.69) is 15.2 Å². The van der Waals surface area contributed by atoms with E-state index in [1.165, 1.54) is 0 Å². The standard InChI is InChI=1S/C13H24N4O2/c1-14-12(15-8-11(18)16(2)3)17-6-4-13(9-17)5-7-19-10-13/h4-10H2,1-3H3,(H,14,15). The molecule has 0 aromatic heterocycles. The molecule has 2 aliphatic rings. The van der Waals surface area contributed by atoms with Crippen molar-refractivity contribution in [3.05, 3.63) is 0 Å². The maximum absolute atomic E-state index is 11.6. The lowest BCUT2D eigenvalue weighted by Crippen LogP contribution is -2.45. The summed E-state index contributed by atoms with van der Waals surface area (Å²) in [4.78, 5) is 19.7. The zero-order valence-corrected chi connectivity index (χ0v) is 12.1. The number of hydrogen-bond acceptors (Lipinski definition) is 3. The normalized spacial score (nSPS) is 27.1. The third-order valence-electron chi connectivity index (χ3n) is 4.03. The highest BCUT2D eigenvalue weighted by Crippen LogP contribution is 2.37. The van der Waals surface area contributed by atoms with Crippen LogP contribution in [0.1, 0.15) is 12.8 Å². The van der Waals surface area contributed by atoms with Crippen molar-refractivity contribution in [1.82, 2.24) is 15.1 Å². The van der Waals surface area contributed by atoms with Gasteiger partial charge in [0.1, 0.15) is 0 Å². The molecule has 6 nitrogen and oxygen atoms in total. The minimum atomic E-state index is 0.0549. The molecule has 0 bridgehead atoms. The molecule has 1 spiro atoms. The van der Waals surface area contributed by atoms with Crippen molar-refractivity contribution in [2.24, 2.45) is 10.4 Å². The Hall–Kier alpha value is -1.30. The van der Waals surface area contributed by atoms with Crippen LogP contribution in [0, 0.1) is 5.41 Å². The van der Waals surface area contributed by atoms with Gasteiger partial charge in [-0.15, -0.1) is 0 Å². The number of nitrogens with zero attached hydrogens (tertiary/aromatic N) is 3. The highest BCUT2D eigenvalue weighted by Gasteiger charge is 2.42. The average molecular weight is 268 g/mol. The van der Waals surface area contributed by atoms with Crippen LogP contribution in [0.25, 0.3) is 0 Å². The Bertz CT molecular complexity index is 362. The van der Waals surface area contributed by atoms with Crippen LogP contribution < -0.4 is 5.32 Å². The first-order valence-electron chi connectivity index (χ1n) is 6.80. The summed E-state index contributed by atoms with van der Waals surface area (Å²) in [5.74, 6) is 0.873. The monoisotopic (exact) mass is 268 g/mol. The van der Waals surface area contributed by atoms with E-state index in [1.54, 1.807) is 26.0 Å². The summed E-state index contributed by atoms with van der Waals surface area (Å²) in [5.41, 5.74) is 0.309. The fourth-order valence-corrected chi connectivity index (χ4v) is 2.73. The first-order chi connectivity index (χ1) is 9.06. The number of ether oxygens (including phenoxy) is 1. The fourth-order valence-electron chi connectivity index (χ4n) is 2.73. The Morgan fingerprint density at radius 1 is 1.47 bits per heavy atom. The van der Waals surface area contributed by atoms with Gasteiger partial charge in [-0.05, 0) is 12.8 Å². The predicted octanol–water partition coefficient (Wildman–Crippen LogP) is -0.238. The van der Waals surface area contributed by atoms with E-state index < -0.39 is 0 Å². The SMILES string of the molecule is CN=C(NCC(=O)N(C)C)N1CCC2(CCOC2)C1. The van der Waals surface area contributed by atoms with Crippen molar-refractivity contribution in [2.75, 3.05) is 54.0 Å². The molecule has 1 unspecified atom stereocenters. The third kappa shape index (κ3) is 3.18. The Morgan fingerprint density at radius 2 is 2.26 bits per heavy atom. The molecular formula is C13H24N4O2. The highest BCUT2D eigenvalue weighted by molar-refractivity contribution is 5.86. The molecule has 0 saturated carbocycles. The quantitative estimate of drug-likeness (QED) is 0.555. The number of aliphatic imine (C=N–C) groups is 1. The Labute approximate surface area is 114 Å². The van der Waals surface area contributed by atoms with Gasteiger partial charge in [0.05, 0.1) is 13.2 Å². The fraction of sp³-hybridized carbons (Fsp3) is 0.846. The lowest BCUT2D eigenvalue weighted by atomic mass is 9.87. The zero-order chi connectivity index (χ0) is 13.9. The van der Waals surface area contributed by atoms with Crippen molar-refractivity contribution in [2.45, 2.75) is 12.8 Å². The molecule has 1 amide bonds. The molecule has 2 saturated heterocycles. The van der Waals surface area contributed by atoms with E-state index in [0.717, 1.165) is 45.1 Å². The smallest absolute Gasteiger partial charge is 0.241 e. The zero-order valence-electron chi connectivity index (χ0n) is 12.1. The van der Waals surface area contributed by atoms with Crippen LogP contribution >= 0.6 is 0 Å². The van der Waals surface area contributed by atoms with Crippen molar-refractivity contribution in [3.8, 4) is 0 Å². The molecule has 1 atom stereocenters.